The number of ether oxygens (including phenoxy) is 1. The second-order valence-corrected chi connectivity index (χ2v) is 6.38. The predicted octanol–water partition coefficient (Wildman–Crippen LogP) is 3.63. The zero-order valence-electron chi connectivity index (χ0n) is 15.5. The third-order valence-corrected chi connectivity index (χ3v) is 4.59. The molecule has 1 heterocycles. The largest absolute Gasteiger partial charge is 0.483 e. The average Bonchev–Trinajstić information content (AvgIpc) is 2.86. The molecular formula is C21H23N3O2. The van der Waals surface area contributed by atoms with Crippen LogP contribution in [-0.4, -0.2) is 23.3 Å². The normalized spacial score (nSPS) is 11.2. The van der Waals surface area contributed by atoms with Crippen molar-refractivity contribution in [3.63, 3.8) is 0 Å². The number of hydrogen-bond acceptors (Lipinski definition) is 3. The molecule has 0 bridgehead atoms. The molecule has 0 radical (unpaired) electrons. The van der Waals surface area contributed by atoms with Gasteiger partial charge in [0.25, 0.3) is 5.91 Å². The fraction of sp³-hybridized carbons (Fsp3) is 0.238. The molecule has 5 heteroatoms. The van der Waals surface area contributed by atoms with Gasteiger partial charge in [-0.15, -0.1) is 0 Å². The second-order valence-electron chi connectivity index (χ2n) is 6.38. The number of nitrogens with one attached hydrogen (secondary N) is 1. The van der Waals surface area contributed by atoms with E-state index in [-0.39, 0.29) is 12.5 Å². The highest BCUT2D eigenvalue weighted by Gasteiger charge is 2.10. The van der Waals surface area contributed by atoms with E-state index in [4.69, 9.17) is 4.74 Å². The Morgan fingerprint density at radius 2 is 1.81 bits per heavy atom. The van der Waals surface area contributed by atoms with Crippen LogP contribution >= 0.6 is 0 Å². The van der Waals surface area contributed by atoms with E-state index >= 15 is 0 Å². The first-order chi connectivity index (χ1) is 12.5. The molecule has 0 atom stereocenters. The Morgan fingerprint density at radius 1 is 1.12 bits per heavy atom. The van der Waals surface area contributed by atoms with Gasteiger partial charge >= 0.3 is 0 Å². The van der Waals surface area contributed by atoms with Gasteiger partial charge in [0, 0.05) is 29.2 Å². The number of fused-ring (bicyclic) bond motifs is 1. The fourth-order valence-electron chi connectivity index (χ4n) is 3.08. The number of amides is 1. The van der Waals surface area contributed by atoms with Crippen molar-refractivity contribution >= 4 is 23.0 Å². The minimum absolute atomic E-state index is 0.0719. The Bertz CT molecular complexity index is 966. The van der Waals surface area contributed by atoms with Gasteiger partial charge in [0.05, 0.1) is 6.21 Å². The van der Waals surface area contributed by atoms with Crippen LogP contribution in [0.5, 0.6) is 5.75 Å². The molecule has 1 aromatic heterocycles. The molecule has 26 heavy (non-hydrogen) atoms. The molecule has 5 nitrogen and oxygen atoms in total. The van der Waals surface area contributed by atoms with Gasteiger partial charge in [-0.05, 0) is 38.0 Å². The van der Waals surface area contributed by atoms with Gasteiger partial charge in [-0.3, -0.25) is 4.79 Å². The molecule has 3 rings (SSSR count). The third kappa shape index (κ3) is 3.47. The lowest BCUT2D eigenvalue weighted by atomic mass is 10.1. The van der Waals surface area contributed by atoms with Crippen molar-refractivity contribution in [2.75, 3.05) is 6.61 Å². The minimum atomic E-state index is -0.290. The molecule has 0 saturated heterocycles. The van der Waals surface area contributed by atoms with Gasteiger partial charge in [0.15, 0.2) is 6.61 Å². The number of nitrogens with zero attached hydrogens (tertiary/aromatic N) is 2. The zero-order chi connectivity index (χ0) is 18.7. The number of benzene rings is 2. The highest BCUT2D eigenvalue weighted by atomic mass is 16.5. The van der Waals surface area contributed by atoms with E-state index < -0.39 is 0 Å². The van der Waals surface area contributed by atoms with Crippen molar-refractivity contribution in [1.82, 2.24) is 9.99 Å². The maximum absolute atomic E-state index is 12.0. The van der Waals surface area contributed by atoms with Gasteiger partial charge < -0.3 is 9.30 Å². The molecule has 1 amide bonds. The Morgan fingerprint density at radius 3 is 2.54 bits per heavy atom. The molecule has 0 unspecified atom stereocenters. The van der Waals surface area contributed by atoms with Crippen molar-refractivity contribution < 1.29 is 9.53 Å². The Labute approximate surface area is 153 Å². The number of hydrogen-bond donors (Lipinski definition) is 1. The first-order valence-corrected chi connectivity index (χ1v) is 8.54. The zero-order valence-corrected chi connectivity index (χ0v) is 15.5. The summed E-state index contributed by atoms with van der Waals surface area (Å²) in [7, 11) is 2.02. The summed E-state index contributed by atoms with van der Waals surface area (Å²) >= 11 is 0. The van der Waals surface area contributed by atoms with Crippen LogP contribution in [0.4, 0.5) is 0 Å². The van der Waals surface area contributed by atoms with Gasteiger partial charge in [0.1, 0.15) is 5.75 Å². The van der Waals surface area contributed by atoms with E-state index in [1.807, 2.05) is 58.2 Å². The summed E-state index contributed by atoms with van der Waals surface area (Å²) in [6, 6.07) is 14.0. The molecule has 2 aromatic carbocycles. The van der Waals surface area contributed by atoms with Crippen molar-refractivity contribution in [1.29, 1.82) is 0 Å². The Balaban J connectivity index is 1.66. The van der Waals surface area contributed by atoms with Gasteiger partial charge in [-0.2, -0.15) is 5.10 Å². The van der Waals surface area contributed by atoms with Crippen LogP contribution in [0.1, 0.15) is 22.4 Å². The summed E-state index contributed by atoms with van der Waals surface area (Å²) < 4.78 is 7.75. The lowest BCUT2D eigenvalue weighted by Gasteiger charge is -2.10. The quantitative estimate of drug-likeness (QED) is 0.565. The maximum Gasteiger partial charge on any atom is 0.277 e. The van der Waals surface area contributed by atoms with Crippen LogP contribution < -0.4 is 10.2 Å². The molecule has 1 N–H and O–H groups in total. The molecule has 0 aliphatic rings. The third-order valence-electron chi connectivity index (χ3n) is 4.59. The number of aromatic nitrogens is 1. The van der Waals surface area contributed by atoms with E-state index in [0.717, 1.165) is 39.0 Å². The molecule has 0 aliphatic carbocycles. The van der Waals surface area contributed by atoms with Crippen LogP contribution in [-0.2, 0) is 11.8 Å². The van der Waals surface area contributed by atoms with E-state index in [1.54, 1.807) is 6.21 Å². The molecule has 0 aliphatic heterocycles. The highest BCUT2D eigenvalue weighted by Crippen LogP contribution is 2.23. The number of carbonyl (C=O) groups is 1. The Kier molecular flexibility index (Phi) is 5.07. The highest BCUT2D eigenvalue weighted by molar-refractivity contribution is 6.01. The summed E-state index contributed by atoms with van der Waals surface area (Å²) in [5, 5.41) is 5.21. The number of hydrazone groups is 1. The summed E-state index contributed by atoms with van der Waals surface area (Å²) in [4.78, 5) is 12.0. The van der Waals surface area contributed by atoms with Crippen LogP contribution in [0.15, 0.2) is 47.6 Å². The van der Waals surface area contributed by atoms with E-state index in [0.29, 0.717) is 0 Å². The maximum atomic E-state index is 12.0. The number of rotatable bonds is 5. The first-order valence-electron chi connectivity index (χ1n) is 8.54. The molecular weight excluding hydrogens is 326 g/mol. The lowest BCUT2D eigenvalue weighted by molar-refractivity contribution is -0.123. The first kappa shape index (κ1) is 17.7. The summed E-state index contributed by atoms with van der Waals surface area (Å²) in [5.74, 6) is 0.457. The molecule has 0 saturated carbocycles. The number of carbonyl (C=O) groups excluding carboxylic acids is 1. The SMILES string of the molecule is Cc1cccc(C)c1OCC(=O)NN=Cc1c(C)n(C)c2ccccc12. The monoisotopic (exact) mass is 349 g/mol. The topological polar surface area (TPSA) is 55.6 Å². The smallest absolute Gasteiger partial charge is 0.277 e. The summed E-state index contributed by atoms with van der Waals surface area (Å²) in [6.07, 6.45) is 1.69. The van der Waals surface area contributed by atoms with E-state index in [1.165, 1.54) is 0 Å². The van der Waals surface area contributed by atoms with Crippen LogP contribution in [0, 0.1) is 20.8 Å². The van der Waals surface area contributed by atoms with Crippen molar-refractivity contribution in [2.45, 2.75) is 20.8 Å². The number of para-hydroxylation sites is 2. The standard InChI is InChI=1S/C21H23N3O2/c1-14-8-7-9-15(2)21(14)26-13-20(25)23-22-12-18-16(3)24(4)19-11-6-5-10-17(18)19/h5-12H,13H2,1-4H3,(H,23,25). The lowest BCUT2D eigenvalue weighted by Crippen LogP contribution is -2.25. The van der Waals surface area contributed by atoms with Crippen molar-refractivity contribution in [3.8, 4) is 5.75 Å². The van der Waals surface area contributed by atoms with E-state index in [2.05, 4.69) is 27.2 Å². The van der Waals surface area contributed by atoms with Gasteiger partial charge in [0.2, 0.25) is 0 Å². The number of aryl methyl sites for hydroxylation is 3. The molecule has 0 fully saturated rings. The summed E-state index contributed by atoms with van der Waals surface area (Å²) in [5.41, 5.74) is 7.78. The van der Waals surface area contributed by atoms with Crippen LogP contribution in [0.2, 0.25) is 0 Å². The second kappa shape index (κ2) is 7.44. The molecule has 3 aromatic rings. The Hall–Kier alpha value is -3.08. The van der Waals surface area contributed by atoms with Gasteiger partial charge in [-0.25, -0.2) is 5.43 Å². The predicted molar refractivity (Wildman–Crippen MR) is 105 cm³/mol. The van der Waals surface area contributed by atoms with Crippen LogP contribution in [0.25, 0.3) is 10.9 Å². The minimum Gasteiger partial charge on any atom is -0.483 e. The molecule has 134 valence electrons. The molecule has 0 spiro atoms. The van der Waals surface area contributed by atoms with Crippen molar-refractivity contribution in [3.05, 3.63) is 64.8 Å². The van der Waals surface area contributed by atoms with Crippen LogP contribution in [0.3, 0.4) is 0 Å². The van der Waals surface area contributed by atoms with Gasteiger partial charge in [-0.1, -0.05) is 36.4 Å². The average molecular weight is 349 g/mol. The fourth-order valence-corrected chi connectivity index (χ4v) is 3.08. The summed E-state index contributed by atoms with van der Waals surface area (Å²) in [6.45, 7) is 5.88. The van der Waals surface area contributed by atoms with E-state index in [9.17, 15) is 4.79 Å². The van der Waals surface area contributed by atoms with Crippen molar-refractivity contribution in [2.24, 2.45) is 12.1 Å².